The van der Waals surface area contributed by atoms with Gasteiger partial charge in [-0.15, -0.1) is 0 Å². The van der Waals surface area contributed by atoms with E-state index in [1.165, 1.54) is 4.90 Å². The molecule has 0 saturated carbocycles. The van der Waals surface area contributed by atoms with Crippen molar-refractivity contribution in [3.8, 4) is 17.9 Å². The van der Waals surface area contributed by atoms with Gasteiger partial charge in [0.1, 0.15) is 11.2 Å². The Balaban J connectivity index is 1.62. The molecular weight excluding hydrogens is 578 g/mol. The number of hydrogen-bond acceptors (Lipinski definition) is 7. The number of benzene rings is 1. The summed E-state index contributed by atoms with van der Waals surface area (Å²) in [6.45, 7) is 16.6. The molecule has 1 saturated heterocycles. The number of ether oxygens (including phenoxy) is 2. The van der Waals surface area contributed by atoms with Crippen molar-refractivity contribution < 1.29 is 19.1 Å². The van der Waals surface area contributed by atoms with Crippen LogP contribution < -0.4 is 9.80 Å². The Morgan fingerprint density at radius 2 is 1.63 bits per heavy atom. The van der Waals surface area contributed by atoms with Crippen LogP contribution >= 0.6 is 0 Å². The fourth-order valence-electron chi connectivity index (χ4n) is 5.43. The van der Waals surface area contributed by atoms with Gasteiger partial charge in [0.25, 0.3) is 0 Å². The van der Waals surface area contributed by atoms with Gasteiger partial charge in [-0.1, -0.05) is 24.0 Å². The van der Waals surface area contributed by atoms with Gasteiger partial charge in [0.2, 0.25) is 0 Å². The van der Waals surface area contributed by atoms with E-state index in [1.807, 2.05) is 64.7 Å². The second kappa shape index (κ2) is 13.6. The van der Waals surface area contributed by atoms with Crippen molar-refractivity contribution >= 4 is 29.6 Å². The first-order valence-corrected chi connectivity index (χ1v) is 15.9. The molecule has 0 bridgehead atoms. The Labute approximate surface area is 274 Å². The number of likely N-dealkylation sites (tertiary alicyclic amines) is 1. The standard InChI is InChI=1S/C37H47N5O4/c1-35(2,3)45-33(43)41(29-15-16-32(39-24-29)37(7,8)25-38)19-11-12-26-22-27-13-10-14-31(30(27)23-26)42(34(44)46-36(4,5)6)28-17-20-40(9)21-18-28/h10,13-16,23-24,28H,17-22H2,1-9H3. The Kier molecular flexibility index (Phi) is 10.2. The maximum absolute atomic E-state index is 13.6. The molecule has 0 N–H and O–H groups in total. The van der Waals surface area contributed by atoms with Crippen LogP contribution in [0.25, 0.3) is 6.08 Å². The number of amides is 2. The number of allylic oxidation sites excluding steroid dienone is 1. The number of rotatable bonds is 5. The number of hydrogen-bond donors (Lipinski definition) is 0. The third kappa shape index (κ3) is 8.68. The minimum atomic E-state index is -0.760. The van der Waals surface area contributed by atoms with Crippen LogP contribution in [0.1, 0.15) is 85.1 Å². The van der Waals surface area contributed by atoms with Crippen LogP contribution in [0.5, 0.6) is 0 Å². The molecule has 0 unspecified atom stereocenters. The van der Waals surface area contributed by atoms with E-state index >= 15 is 0 Å². The van der Waals surface area contributed by atoms with Gasteiger partial charge in [0.15, 0.2) is 0 Å². The highest BCUT2D eigenvalue weighted by atomic mass is 16.6. The van der Waals surface area contributed by atoms with Crippen LogP contribution in [0.3, 0.4) is 0 Å². The number of nitrogens with zero attached hydrogens (tertiary/aromatic N) is 5. The molecule has 2 aromatic rings. The van der Waals surface area contributed by atoms with Crippen LogP contribution in [-0.2, 0) is 21.3 Å². The van der Waals surface area contributed by atoms with Crippen molar-refractivity contribution in [1.29, 1.82) is 5.26 Å². The Bertz CT molecular complexity index is 1570. The predicted octanol–water partition coefficient (Wildman–Crippen LogP) is 7.10. The van der Waals surface area contributed by atoms with E-state index in [0.717, 1.165) is 48.3 Å². The SMILES string of the molecule is CN1CCC(N(C(=O)OC(C)(C)C)c2cccc3c2C=C(C#CCN(C(=O)OC(C)(C)C)c2ccc(C(C)(C)C#N)nc2)C3)CC1. The van der Waals surface area contributed by atoms with Gasteiger partial charge in [-0.05, 0) is 118 Å². The van der Waals surface area contributed by atoms with E-state index in [2.05, 4.69) is 40.9 Å². The zero-order valence-electron chi connectivity index (χ0n) is 28.7. The molecule has 0 atom stereocenters. The van der Waals surface area contributed by atoms with Crippen molar-refractivity contribution in [3.05, 3.63) is 58.9 Å². The molecule has 1 fully saturated rings. The molecule has 244 valence electrons. The second-order valence-electron chi connectivity index (χ2n) is 14.6. The smallest absolute Gasteiger partial charge is 0.415 e. The van der Waals surface area contributed by atoms with Crippen LogP contribution in [0, 0.1) is 23.2 Å². The number of pyridine rings is 1. The molecular formula is C37H47N5O4. The van der Waals surface area contributed by atoms with Crippen molar-refractivity contribution in [2.24, 2.45) is 0 Å². The van der Waals surface area contributed by atoms with Gasteiger partial charge in [-0.3, -0.25) is 14.8 Å². The molecule has 9 heteroatoms. The molecule has 1 aliphatic carbocycles. The van der Waals surface area contributed by atoms with Gasteiger partial charge in [-0.25, -0.2) is 9.59 Å². The molecule has 2 amide bonds. The average Bonchev–Trinajstić information content (AvgIpc) is 3.38. The van der Waals surface area contributed by atoms with Crippen LogP contribution in [0.2, 0.25) is 0 Å². The first-order valence-electron chi connectivity index (χ1n) is 15.9. The molecule has 9 nitrogen and oxygen atoms in total. The summed E-state index contributed by atoms with van der Waals surface area (Å²) in [6, 6.07) is 11.8. The lowest BCUT2D eigenvalue weighted by Gasteiger charge is -2.38. The highest BCUT2D eigenvalue weighted by Gasteiger charge is 2.34. The maximum Gasteiger partial charge on any atom is 0.415 e. The van der Waals surface area contributed by atoms with Crippen molar-refractivity contribution in [1.82, 2.24) is 9.88 Å². The summed E-state index contributed by atoms with van der Waals surface area (Å²) in [5.41, 5.74) is 2.85. The third-order valence-corrected chi connectivity index (χ3v) is 7.86. The van der Waals surface area contributed by atoms with Crippen molar-refractivity contribution in [2.75, 3.05) is 36.5 Å². The molecule has 1 aliphatic heterocycles. The summed E-state index contributed by atoms with van der Waals surface area (Å²) in [5.74, 6) is 6.44. The zero-order chi connectivity index (χ0) is 33.9. The van der Waals surface area contributed by atoms with Gasteiger partial charge in [-0.2, -0.15) is 5.26 Å². The minimum absolute atomic E-state index is 0.0298. The van der Waals surface area contributed by atoms with E-state index in [4.69, 9.17) is 9.47 Å². The highest BCUT2D eigenvalue weighted by Crippen LogP contribution is 2.36. The molecule has 0 radical (unpaired) electrons. The highest BCUT2D eigenvalue weighted by molar-refractivity contribution is 5.93. The third-order valence-electron chi connectivity index (χ3n) is 7.86. The summed E-state index contributed by atoms with van der Waals surface area (Å²) < 4.78 is 11.6. The number of aromatic nitrogens is 1. The van der Waals surface area contributed by atoms with E-state index in [-0.39, 0.29) is 18.7 Å². The van der Waals surface area contributed by atoms with E-state index in [1.54, 1.807) is 32.2 Å². The maximum atomic E-state index is 13.6. The Morgan fingerprint density at radius 1 is 0.978 bits per heavy atom. The normalized spacial score (nSPS) is 15.5. The summed E-state index contributed by atoms with van der Waals surface area (Å²) in [4.78, 5) is 36.9. The lowest BCUT2D eigenvalue weighted by atomic mass is 9.91. The average molecular weight is 626 g/mol. The van der Waals surface area contributed by atoms with Crippen LogP contribution in [0.4, 0.5) is 21.0 Å². The van der Waals surface area contributed by atoms with Crippen molar-refractivity contribution in [2.45, 2.75) is 97.3 Å². The zero-order valence-corrected chi connectivity index (χ0v) is 28.7. The molecule has 2 aliphatic rings. The molecule has 1 aromatic carbocycles. The van der Waals surface area contributed by atoms with Gasteiger partial charge < -0.3 is 14.4 Å². The number of carbonyl (C=O) groups excluding carboxylic acids is 2. The number of anilines is 2. The number of piperidine rings is 1. The van der Waals surface area contributed by atoms with Gasteiger partial charge >= 0.3 is 12.2 Å². The van der Waals surface area contributed by atoms with Crippen molar-refractivity contribution in [3.63, 3.8) is 0 Å². The molecule has 2 heterocycles. The number of nitriles is 1. The Hall–Kier alpha value is -4.34. The lowest BCUT2D eigenvalue weighted by Crippen LogP contribution is -2.48. The summed E-state index contributed by atoms with van der Waals surface area (Å²) in [7, 11) is 2.10. The monoisotopic (exact) mass is 625 g/mol. The predicted molar refractivity (Wildman–Crippen MR) is 182 cm³/mol. The largest absolute Gasteiger partial charge is 0.443 e. The van der Waals surface area contributed by atoms with Gasteiger partial charge in [0.05, 0.1) is 41.3 Å². The molecule has 1 aromatic heterocycles. The first kappa shape index (κ1) is 34.5. The van der Waals surface area contributed by atoms with E-state index in [9.17, 15) is 14.9 Å². The molecule has 46 heavy (non-hydrogen) atoms. The summed E-state index contributed by atoms with van der Waals surface area (Å²) >= 11 is 0. The summed E-state index contributed by atoms with van der Waals surface area (Å²) in [6.07, 6.45) is 5.09. The second-order valence-corrected chi connectivity index (χ2v) is 14.6. The lowest BCUT2D eigenvalue weighted by molar-refractivity contribution is 0.0548. The van der Waals surface area contributed by atoms with Gasteiger partial charge in [0, 0.05) is 23.6 Å². The fourth-order valence-corrected chi connectivity index (χ4v) is 5.43. The van der Waals surface area contributed by atoms with E-state index in [0.29, 0.717) is 17.8 Å². The van der Waals surface area contributed by atoms with Crippen LogP contribution in [0.15, 0.2) is 42.1 Å². The molecule has 4 rings (SSSR count). The topological polar surface area (TPSA) is 99.0 Å². The molecule has 0 spiro atoms. The number of carbonyl (C=O) groups is 2. The number of fused-ring (bicyclic) bond motifs is 1. The first-order chi connectivity index (χ1) is 21.5. The quantitative estimate of drug-likeness (QED) is 0.327. The van der Waals surface area contributed by atoms with Crippen LogP contribution in [-0.4, -0.2) is 66.0 Å². The fraction of sp³-hybridized carbons (Fsp3) is 0.514. The minimum Gasteiger partial charge on any atom is -0.443 e. The van der Waals surface area contributed by atoms with E-state index < -0.39 is 22.7 Å². The summed E-state index contributed by atoms with van der Waals surface area (Å²) in [5, 5.41) is 9.50. The Morgan fingerprint density at radius 3 is 2.22 bits per heavy atom.